The second-order valence-electron chi connectivity index (χ2n) is 7.09. The van der Waals surface area contributed by atoms with E-state index in [0.29, 0.717) is 6.42 Å². The first-order valence-electron chi connectivity index (χ1n) is 9.86. The van der Waals surface area contributed by atoms with Crippen LogP contribution in [0.2, 0.25) is 0 Å². The first-order valence-corrected chi connectivity index (χ1v) is 9.86. The Bertz CT molecular complexity index is 1000. The molecule has 0 radical (unpaired) electrons. The molecule has 4 aromatic rings. The first-order chi connectivity index (χ1) is 14.4. The molecule has 0 aliphatic carbocycles. The first kappa shape index (κ1) is 17.4. The average molecular weight is 382 g/mol. The molecule has 0 bridgehead atoms. The molecule has 3 aromatic carbocycles. The molecule has 0 spiro atoms. The molecule has 1 fully saturated rings. The van der Waals surface area contributed by atoms with Crippen LogP contribution in [-0.4, -0.2) is 39.5 Å². The van der Waals surface area contributed by atoms with Crippen LogP contribution in [0.5, 0.6) is 0 Å². The quantitative estimate of drug-likeness (QED) is 0.528. The smallest absolute Gasteiger partial charge is 0.160 e. The molecule has 5 rings (SSSR count). The lowest BCUT2D eigenvalue weighted by atomic mass is 10.2. The van der Waals surface area contributed by atoms with E-state index in [1.807, 2.05) is 35.0 Å². The van der Waals surface area contributed by atoms with E-state index >= 15 is 0 Å². The summed E-state index contributed by atoms with van der Waals surface area (Å²) in [5.41, 5.74) is 3.41. The molecule has 1 aliphatic heterocycles. The topological polar surface area (TPSA) is 50.1 Å². The summed E-state index contributed by atoms with van der Waals surface area (Å²) in [6.45, 7) is 1.91. The van der Waals surface area contributed by atoms with Gasteiger partial charge in [0.15, 0.2) is 5.82 Å². The van der Waals surface area contributed by atoms with E-state index < -0.39 is 0 Å². The van der Waals surface area contributed by atoms with E-state index in [2.05, 4.69) is 86.0 Å². The molecular weight excluding hydrogens is 360 g/mol. The fourth-order valence-corrected chi connectivity index (χ4v) is 4.01. The van der Waals surface area contributed by atoms with Crippen LogP contribution >= 0.6 is 0 Å². The molecule has 0 N–H and O–H groups in total. The number of nitrogens with zero attached hydrogens (tertiary/aromatic N) is 6. The highest BCUT2D eigenvalue weighted by atomic mass is 15.5. The molecule has 0 saturated carbocycles. The molecule has 144 valence electrons. The van der Waals surface area contributed by atoms with Gasteiger partial charge in [-0.1, -0.05) is 54.6 Å². The standard InChI is InChI=1S/C23H22N6/c1-4-10-19(11-5-1)27-16-17-28(20-12-6-2-7-13-20)23(27)18-22-24-25-26-29(22)21-14-8-3-9-15-21/h1-15,23H,16-18H2. The van der Waals surface area contributed by atoms with Gasteiger partial charge in [-0.25, -0.2) is 0 Å². The number of anilines is 2. The summed E-state index contributed by atoms with van der Waals surface area (Å²) in [7, 11) is 0. The van der Waals surface area contributed by atoms with Gasteiger partial charge in [-0.3, -0.25) is 0 Å². The predicted molar refractivity (Wildman–Crippen MR) is 114 cm³/mol. The predicted octanol–water partition coefficient (Wildman–Crippen LogP) is 3.56. The largest absolute Gasteiger partial charge is 0.349 e. The van der Waals surface area contributed by atoms with Crippen molar-refractivity contribution >= 4 is 11.4 Å². The SMILES string of the molecule is c1ccc(N2CCN(c3ccccc3)C2Cc2nnnn2-c2ccccc2)cc1. The Morgan fingerprint density at radius 3 is 1.66 bits per heavy atom. The summed E-state index contributed by atoms with van der Waals surface area (Å²) >= 11 is 0. The summed E-state index contributed by atoms with van der Waals surface area (Å²) < 4.78 is 1.84. The van der Waals surface area contributed by atoms with Crippen molar-refractivity contribution in [2.45, 2.75) is 12.6 Å². The van der Waals surface area contributed by atoms with Gasteiger partial charge in [0, 0.05) is 30.9 Å². The zero-order chi connectivity index (χ0) is 19.5. The number of para-hydroxylation sites is 3. The number of tetrazole rings is 1. The zero-order valence-corrected chi connectivity index (χ0v) is 16.0. The summed E-state index contributed by atoms with van der Waals surface area (Å²) in [4.78, 5) is 4.88. The van der Waals surface area contributed by atoms with E-state index in [4.69, 9.17) is 0 Å². The molecule has 1 aromatic heterocycles. The van der Waals surface area contributed by atoms with Gasteiger partial charge in [0.1, 0.15) is 6.17 Å². The van der Waals surface area contributed by atoms with Crippen LogP contribution in [0.15, 0.2) is 91.0 Å². The molecular formula is C23H22N6. The van der Waals surface area contributed by atoms with Crippen LogP contribution < -0.4 is 9.80 Å². The highest BCUT2D eigenvalue weighted by Crippen LogP contribution is 2.30. The molecule has 1 aliphatic rings. The maximum absolute atomic E-state index is 4.36. The van der Waals surface area contributed by atoms with E-state index in [0.717, 1.165) is 24.6 Å². The van der Waals surface area contributed by atoms with Crippen LogP contribution in [0.1, 0.15) is 5.82 Å². The second-order valence-corrected chi connectivity index (χ2v) is 7.09. The van der Waals surface area contributed by atoms with Crippen molar-refractivity contribution in [3.05, 3.63) is 96.8 Å². The minimum absolute atomic E-state index is 0.133. The third kappa shape index (κ3) is 3.45. The van der Waals surface area contributed by atoms with Gasteiger partial charge in [-0.05, 0) is 46.8 Å². The lowest BCUT2D eigenvalue weighted by molar-refractivity contribution is 0.624. The maximum atomic E-state index is 4.36. The number of aromatic nitrogens is 4. The van der Waals surface area contributed by atoms with E-state index in [9.17, 15) is 0 Å². The third-order valence-electron chi connectivity index (χ3n) is 5.38. The summed E-state index contributed by atoms with van der Waals surface area (Å²) in [6, 6.07) is 31.2. The van der Waals surface area contributed by atoms with E-state index in [1.54, 1.807) is 0 Å². The molecule has 2 heterocycles. The number of rotatable bonds is 5. The second kappa shape index (κ2) is 7.75. The summed E-state index contributed by atoms with van der Waals surface area (Å²) in [6.07, 6.45) is 0.847. The van der Waals surface area contributed by atoms with Gasteiger partial charge in [0.2, 0.25) is 0 Å². The number of hydrogen-bond acceptors (Lipinski definition) is 5. The lowest BCUT2D eigenvalue weighted by Crippen LogP contribution is -2.41. The zero-order valence-electron chi connectivity index (χ0n) is 16.0. The Hall–Kier alpha value is -3.67. The highest BCUT2D eigenvalue weighted by molar-refractivity contribution is 5.57. The Labute approximate surface area is 170 Å². The van der Waals surface area contributed by atoms with Crippen molar-refractivity contribution in [1.29, 1.82) is 0 Å². The lowest BCUT2D eigenvalue weighted by Gasteiger charge is -2.32. The van der Waals surface area contributed by atoms with Gasteiger partial charge in [-0.15, -0.1) is 5.10 Å². The van der Waals surface area contributed by atoms with Gasteiger partial charge < -0.3 is 9.80 Å². The summed E-state index contributed by atoms with van der Waals surface area (Å²) in [5, 5.41) is 12.6. The van der Waals surface area contributed by atoms with Crippen molar-refractivity contribution in [1.82, 2.24) is 20.2 Å². The van der Waals surface area contributed by atoms with Crippen LogP contribution in [0.25, 0.3) is 5.69 Å². The minimum Gasteiger partial charge on any atom is -0.349 e. The fraction of sp³-hybridized carbons (Fsp3) is 0.174. The number of hydrogen-bond donors (Lipinski definition) is 0. The van der Waals surface area contributed by atoms with E-state index in [1.165, 1.54) is 11.4 Å². The van der Waals surface area contributed by atoms with Crippen molar-refractivity contribution in [3.8, 4) is 5.69 Å². The Kier molecular flexibility index (Phi) is 4.66. The Balaban J connectivity index is 1.51. The van der Waals surface area contributed by atoms with Crippen molar-refractivity contribution in [2.75, 3.05) is 22.9 Å². The monoisotopic (exact) mass is 382 g/mol. The molecule has 1 saturated heterocycles. The average Bonchev–Trinajstić information content (AvgIpc) is 3.43. The normalized spacial score (nSPS) is 14.5. The highest BCUT2D eigenvalue weighted by Gasteiger charge is 2.34. The maximum Gasteiger partial charge on any atom is 0.160 e. The Morgan fingerprint density at radius 1 is 0.655 bits per heavy atom. The van der Waals surface area contributed by atoms with Gasteiger partial charge >= 0.3 is 0 Å². The molecule has 6 nitrogen and oxygen atoms in total. The summed E-state index contributed by atoms with van der Waals surface area (Å²) in [5.74, 6) is 0.852. The van der Waals surface area contributed by atoms with E-state index in [-0.39, 0.29) is 6.17 Å². The van der Waals surface area contributed by atoms with Crippen LogP contribution in [0, 0.1) is 0 Å². The van der Waals surface area contributed by atoms with Crippen LogP contribution in [-0.2, 0) is 6.42 Å². The molecule has 0 atom stereocenters. The number of benzene rings is 3. The van der Waals surface area contributed by atoms with Crippen LogP contribution in [0.4, 0.5) is 11.4 Å². The van der Waals surface area contributed by atoms with Crippen LogP contribution in [0.3, 0.4) is 0 Å². The third-order valence-corrected chi connectivity index (χ3v) is 5.38. The van der Waals surface area contributed by atoms with Gasteiger partial charge in [-0.2, -0.15) is 4.68 Å². The van der Waals surface area contributed by atoms with Gasteiger partial charge in [0.05, 0.1) is 5.69 Å². The van der Waals surface area contributed by atoms with Crippen molar-refractivity contribution in [3.63, 3.8) is 0 Å². The fourth-order valence-electron chi connectivity index (χ4n) is 4.01. The van der Waals surface area contributed by atoms with Crippen molar-refractivity contribution < 1.29 is 0 Å². The molecule has 0 amide bonds. The van der Waals surface area contributed by atoms with Crippen molar-refractivity contribution in [2.24, 2.45) is 0 Å². The molecule has 29 heavy (non-hydrogen) atoms. The molecule has 0 unspecified atom stereocenters. The van der Waals surface area contributed by atoms with Gasteiger partial charge in [0.25, 0.3) is 0 Å². The molecule has 6 heteroatoms. The Morgan fingerprint density at radius 2 is 1.14 bits per heavy atom. The minimum atomic E-state index is 0.133.